The minimum atomic E-state index is -0.593. The molecule has 23 heavy (non-hydrogen) atoms. The van der Waals surface area contributed by atoms with Crippen LogP contribution in [-0.4, -0.2) is 51.1 Å². The number of hydrogen-bond donors (Lipinski definition) is 1. The zero-order valence-corrected chi connectivity index (χ0v) is 12.9. The Balaban J connectivity index is 1.61. The van der Waals surface area contributed by atoms with Crippen LogP contribution in [0, 0.1) is 0 Å². The summed E-state index contributed by atoms with van der Waals surface area (Å²) in [6.45, 7) is 2.90. The van der Waals surface area contributed by atoms with E-state index in [4.69, 9.17) is 9.47 Å². The fraction of sp³-hybridized carbons (Fsp3) is 0.467. The van der Waals surface area contributed by atoms with E-state index in [0.717, 1.165) is 19.4 Å². The first-order valence-corrected chi connectivity index (χ1v) is 7.58. The lowest BCUT2D eigenvalue weighted by Crippen LogP contribution is -2.31. The molecule has 8 nitrogen and oxygen atoms in total. The van der Waals surface area contributed by atoms with Crippen molar-refractivity contribution in [1.82, 2.24) is 19.7 Å². The lowest BCUT2D eigenvalue weighted by molar-refractivity contribution is -0.128. The Morgan fingerprint density at radius 1 is 1.61 bits per heavy atom. The molecule has 0 aliphatic carbocycles. The molecule has 3 heterocycles. The maximum atomic E-state index is 12.3. The summed E-state index contributed by atoms with van der Waals surface area (Å²) in [4.78, 5) is 20.4. The number of nitrogens with zero attached hydrogens (tertiary/aromatic N) is 4. The van der Waals surface area contributed by atoms with Gasteiger partial charge >= 0.3 is 0 Å². The molecule has 2 atom stereocenters. The molecule has 1 N–H and O–H groups in total. The Bertz CT molecular complexity index is 640. The summed E-state index contributed by atoms with van der Waals surface area (Å²) in [7, 11) is 0. The minimum Gasteiger partial charge on any atom is -0.376 e. The molecule has 1 aliphatic heterocycles. The van der Waals surface area contributed by atoms with Crippen LogP contribution in [0.25, 0.3) is 5.82 Å². The lowest BCUT2D eigenvalue weighted by Gasteiger charge is -2.16. The van der Waals surface area contributed by atoms with E-state index in [9.17, 15) is 4.79 Å². The fourth-order valence-electron chi connectivity index (χ4n) is 2.33. The molecule has 0 saturated carbocycles. The third-order valence-corrected chi connectivity index (χ3v) is 3.60. The summed E-state index contributed by atoms with van der Waals surface area (Å²) < 4.78 is 12.6. The highest BCUT2D eigenvalue weighted by atomic mass is 16.5. The van der Waals surface area contributed by atoms with E-state index in [2.05, 4.69) is 20.4 Å². The molecule has 122 valence electrons. The molecule has 0 spiro atoms. The van der Waals surface area contributed by atoms with E-state index in [-0.39, 0.29) is 12.0 Å². The monoisotopic (exact) mass is 317 g/mol. The number of hydrogen-bond acceptors (Lipinski definition) is 6. The largest absolute Gasteiger partial charge is 0.376 e. The van der Waals surface area contributed by atoms with Gasteiger partial charge in [0.25, 0.3) is 5.91 Å². The number of ether oxygens (including phenoxy) is 2. The van der Waals surface area contributed by atoms with Crippen molar-refractivity contribution in [3.8, 4) is 5.82 Å². The van der Waals surface area contributed by atoms with Gasteiger partial charge in [0, 0.05) is 19.0 Å². The summed E-state index contributed by atoms with van der Waals surface area (Å²) in [6, 6.07) is 1.78. The van der Waals surface area contributed by atoms with E-state index >= 15 is 0 Å². The van der Waals surface area contributed by atoms with Crippen LogP contribution in [0.4, 0.5) is 5.69 Å². The van der Waals surface area contributed by atoms with Gasteiger partial charge in [-0.3, -0.25) is 4.79 Å². The van der Waals surface area contributed by atoms with Gasteiger partial charge in [-0.05, 0) is 25.8 Å². The van der Waals surface area contributed by atoms with Gasteiger partial charge in [-0.1, -0.05) is 0 Å². The second-order valence-corrected chi connectivity index (χ2v) is 5.31. The first-order valence-electron chi connectivity index (χ1n) is 7.58. The van der Waals surface area contributed by atoms with Crippen molar-refractivity contribution in [3.63, 3.8) is 0 Å². The number of anilines is 1. The molecule has 1 amide bonds. The van der Waals surface area contributed by atoms with Crippen molar-refractivity contribution < 1.29 is 14.3 Å². The van der Waals surface area contributed by atoms with E-state index < -0.39 is 6.10 Å². The average Bonchev–Trinajstić information content (AvgIpc) is 3.26. The Hall–Kier alpha value is -2.32. The molecule has 0 aromatic carbocycles. The van der Waals surface area contributed by atoms with Crippen LogP contribution in [0.1, 0.15) is 19.8 Å². The third kappa shape index (κ3) is 3.91. The van der Waals surface area contributed by atoms with Crippen LogP contribution >= 0.6 is 0 Å². The first kappa shape index (κ1) is 15.6. The first-order chi connectivity index (χ1) is 11.2. The summed E-state index contributed by atoms with van der Waals surface area (Å²) in [6.07, 6.45) is 7.85. The standard InChI is InChI=1S/C15H19N5O3/c1-11(23-9-12-4-2-7-22-12)15(21)19-13-8-16-10-17-14(13)20-6-3-5-18-20/h3,5-6,8,10-12H,2,4,7,9H2,1H3,(H,19,21). The number of amides is 1. The molecule has 2 aromatic heterocycles. The van der Waals surface area contributed by atoms with Crippen molar-refractivity contribution in [1.29, 1.82) is 0 Å². The van der Waals surface area contributed by atoms with Gasteiger partial charge in [-0.15, -0.1) is 0 Å². The molecule has 3 rings (SSSR count). The highest BCUT2D eigenvalue weighted by Crippen LogP contribution is 2.16. The Labute approximate surface area is 133 Å². The average molecular weight is 317 g/mol. The third-order valence-electron chi connectivity index (χ3n) is 3.60. The van der Waals surface area contributed by atoms with E-state index in [1.54, 1.807) is 30.1 Å². The predicted molar refractivity (Wildman–Crippen MR) is 82.2 cm³/mol. The van der Waals surface area contributed by atoms with Crippen molar-refractivity contribution in [2.75, 3.05) is 18.5 Å². The zero-order chi connectivity index (χ0) is 16.1. The molecule has 0 bridgehead atoms. The van der Waals surface area contributed by atoms with Gasteiger partial charge in [-0.25, -0.2) is 14.6 Å². The van der Waals surface area contributed by atoms with E-state index in [1.165, 1.54) is 12.5 Å². The van der Waals surface area contributed by atoms with Crippen LogP contribution in [0.3, 0.4) is 0 Å². The molecule has 8 heteroatoms. The van der Waals surface area contributed by atoms with E-state index in [0.29, 0.717) is 18.1 Å². The van der Waals surface area contributed by atoms with Gasteiger partial charge in [0.2, 0.25) is 0 Å². The number of aromatic nitrogens is 4. The number of nitrogens with one attached hydrogen (secondary N) is 1. The van der Waals surface area contributed by atoms with Crippen LogP contribution < -0.4 is 5.32 Å². The summed E-state index contributed by atoms with van der Waals surface area (Å²) >= 11 is 0. The Morgan fingerprint density at radius 2 is 2.52 bits per heavy atom. The van der Waals surface area contributed by atoms with Crippen molar-refractivity contribution in [2.24, 2.45) is 0 Å². The molecule has 1 aliphatic rings. The molecule has 1 fully saturated rings. The maximum Gasteiger partial charge on any atom is 0.253 e. The topological polar surface area (TPSA) is 91.2 Å². The number of rotatable bonds is 6. The molecule has 0 radical (unpaired) electrons. The number of carbonyl (C=O) groups is 1. The minimum absolute atomic E-state index is 0.0879. The fourth-order valence-corrected chi connectivity index (χ4v) is 2.33. The molecule has 2 unspecified atom stereocenters. The van der Waals surface area contributed by atoms with Crippen molar-refractivity contribution in [2.45, 2.75) is 32.0 Å². The van der Waals surface area contributed by atoms with E-state index in [1.807, 2.05) is 0 Å². The van der Waals surface area contributed by atoms with Crippen molar-refractivity contribution in [3.05, 3.63) is 31.0 Å². The SMILES string of the molecule is CC(OCC1CCCO1)C(=O)Nc1cncnc1-n1cccn1. The second-order valence-electron chi connectivity index (χ2n) is 5.31. The summed E-state index contributed by atoms with van der Waals surface area (Å²) in [5, 5.41) is 6.90. The van der Waals surface area contributed by atoms with Gasteiger partial charge in [0.1, 0.15) is 18.1 Å². The smallest absolute Gasteiger partial charge is 0.253 e. The zero-order valence-electron chi connectivity index (χ0n) is 12.9. The Morgan fingerprint density at radius 3 is 3.26 bits per heavy atom. The summed E-state index contributed by atoms with van der Waals surface area (Å²) in [5.74, 6) is 0.246. The summed E-state index contributed by atoms with van der Waals surface area (Å²) in [5.41, 5.74) is 0.480. The van der Waals surface area contributed by atoms with Gasteiger partial charge in [0.15, 0.2) is 5.82 Å². The molecule has 2 aromatic rings. The Kier molecular flexibility index (Phi) is 4.94. The number of carbonyl (C=O) groups excluding carboxylic acids is 1. The van der Waals surface area contributed by atoms with Crippen LogP contribution in [0.15, 0.2) is 31.0 Å². The van der Waals surface area contributed by atoms with Gasteiger partial charge in [0.05, 0.1) is 18.9 Å². The highest BCUT2D eigenvalue weighted by Gasteiger charge is 2.21. The normalized spacial score (nSPS) is 18.7. The van der Waals surface area contributed by atoms with Crippen LogP contribution in [-0.2, 0) is 14.3 Å². The van der Waals surface area contributed by atoms with Gasteiger partial charge in [-0.2, -0.15) is 5.10 Å². The van der Waals surface area contributed by atoms with Gasteiger partial charge < -0.3 is 14.8 Å². The van der Waals surface area contributed by atoms with Crippen LogP contribution in [0.5, 0.6) is 0 Å². The lowest BCUT2D eigenvalue weighted by atomic mass is 10.2. The van der Waals surface area contributed by atoms with Crippen molar-refractivity contribution >= 4 is 11.6 Å². The predicted octanol–water partition coefficient (Wildman–Crippen LogP) is 1.18. The quantitative estimate of drug-likeness (QED) is 0.860. The van der Waals surface area contributed by atoms with Crippen LogP contribution in [0.2, 0.25) is 0 Å². The maximum absolute atomic E-state index is 12.3. The highest BCUT2D eigenvalue weighted by molar-refractivity contribution is 5.95. The second kappa shape index (κ2) is 7.30. The molecular formula is C15H19N5O3. The molecular weight excluding hydrogens is 298 g/mol. The molecule has 1 saturated heterocycles.